The predicted molar refractivity (Wildman–Crippen MR) is 193 cm³/mol. The van der Waals surface area contributed by atoms with Crippen LogP contribution in [0.15, 0.2) is 16.3 Å². The average molecular weight is 738 g/mol. The molecule has 0 bridgehead atoms. The summed E-state index contributed by atoms with van der Waals surface area (Å²) in [5.41, 5.74) is -1.51. The van der Waals surface area contributed by atoms with Gasteiger partial charge in [0.25, 0.3) is 5.91 Å². The predicted octanol–water partition coefficient (Wildman–Crippen LogP) is 4.09. The Hall–Kier alpha value is -2.88. The monoisotopic (exact) mass is 737 g/mol. The molecule has 5 amide bonds. The molecule has 5 atom stereocenters. The van der Waals surface area contributed by atoms with E-state index >= 15 is 0 Å². The molecule has 2 aliphatic heterocycles. The zero-order chi connectivity index (χ0) is 37.0. The van der Waals surface area contributed by atoms with Crippen molar-refractivity contribution >= 4 is 51.3 Å². The van der Waals surface area contributed by atoms with Crippen molar-refractivity contribution in [1.29, 1.82) is 0 Å². The third kappa shape index (κ3) is 8.76. The number of Topliss-reactive ketones (excluding diaryl/α,β-unsaturated/α-hetero) is 1. The smallest absolute Gasteiger partial charge is 0.327 e. The molecule has 1 aromatic rings. The van der Waals surface area contributed by atoms with Crippen molar-refractivity contribution in [2.75, 3.05) is 20.1 Å². The molecular weight excluding hydrogens is 681 g/mol. The van der Waals surface area contributed by atoms with E-state index in [1.807, 2.05) is 46.9 Å². The summed E-state index contributed by atoms with van der Waals surface area (Å²) in [6, 6.07) is -1.77. The van der Waals surface area contributed by atoms with Crippen molar-refractivity contribution < 1.29 is 32.7 Å². The van der Waals surface area contributed by atoms with Crippen LogP contribution < -0.4 is 21.3 Å². The van der Waals surface area contributed by atoms with Gasteiger partial charge in [-0.3, -0.25) is 19.2 Å². The fraction of sp³-hybridized carbons (Fsp3) is 0.743. The minimum Gasteiger partial charge on any atom is -0.353 e. The van der Waals surface area contributed by atoms with E-state index in [0.29, 0.717) is 50.1 Å². The van der Waals surface area contributed by atoms with E-state index in [2.05, 4.69) is 21.3 Å². The maximum atomic E-state index is 14.5. The third-order valence-electron chi connectivity index (χ3n) is 10.5. The Morgan fingerprint density at radius 3 is 2.36 bits per heavy atom. The van der Waals surface area contributed by atoms with Crippen molar-refractivity contribution in [3.8, 4) is 0 Å². The summed E-state index contributed by atoms with van der Waals surface area (Å²) in [4.78, 5) is 70.4. The molecule has 3 heterocycles. The van der Waals surface area contributed by atoms with Crippen molar-refractivity contribution in [3.63, 3.8) is 0 Å². The summed E-state index contributed by atoms with van der Waals surface area (Å²) in [6.07, 6.45) is 6.23. The molecule has 13 nitrogen and oxygen atoms in total. The van der Waals surface area contributed by atoms with Crippen LogP contribution in [0.4, 0.5) is 4.79 Å². The van der Waals surface area contributed by atoms with Crippen molar-refractivity contribution in [3.05, 3.63) is 16.3 Å². The highest BCUT2D eigenvalue weighted by Crippen LogP contribution is 2.41. The van der Waals surface area contributed by atoms with Gasteiger partial charge in [-0.1, -0.05) is 78.0 Å². The van der Waals surface area contributed by atoms with Crippen LogP contribution >= 0.6 is 11.3 Å². The first-order chi connectivity index (χ1) is 23.5. The molecular formula is C35H57N6O7S2+. The second-order valence-electron chi connectivity index (χ2n) is 15.6. The molecule has 1 aromatic heterocycles. The molecule has 1 saturated carbocycles. The Morgan fingerprint density at radius 2 is 1.78 bits per heavy atom. The number of carbonyl (C=O) groups is 5. The van der Waals surface area contributed by atoms with Gasteiger partial charge in [0.2, 0.25) is 22.5 Å². The number of fused-ring (bicyclic) bond motifs is 1. The highest BCUT2D eigenvalue weighted by atomic mass is 32.3. The van der Waals surface area contributed by atoms with E-state index in [0.717, 1.165) is 30.6 Å². The molecule has 1 saturated heterocycles. The van der Waals surface area contributed by atoms with E-state index < -0.39 is 69.0 Å². The first-order valence-corrected chi connectivity index (χ1v) is 20.3. The molecule has 5 N–H and O–H groups in total. The largest absolute Gasteiger partial charge is 0.353 e. The molecule has 1 aliphatic carbocycles. The molecule has 0 radical (unpaired) electrons. The molecule has 4 rings (SSSR count). The molecule has 0 spiro atoms. The van der Waals surface area contributed by atoms with Crippen LogP contribution in [0.3, 0.4) is 0 Å². The van der Waals surface area contributed by atoms with Gasteiger partial charge in [0.1, 0.15) is 12.1 Å². The van der Waals surface area contributed by atoms with Gasteiger partial charge >= 0.3 is 16.4 Å². The fourth-order valence-corrected chi connectivity index (χ4v) is 10.7. The number of thiophene rings is 1. The van der Waals surface area contributed by atoms with E-state index in [-0.39, 0.29) is 18.4 Å². The second-order valence-corrected chi connectivity index (χ2v) is 18.5. The van der Waals surface area contributed by atoms with Gasteiger partial charge in [0.05, 0.1) is 29.5 Å². The first kappa shape index (κ1) is 39.9. The average Bonchev–Trinajstić information content (AvgIpc) is 3.77. The number of hydrogen-bond acceptors (Lipinski definition) is 7. The second kappa shape index (κ2) is 16.2. The Labute approximate surface area is 301 Å². The molecule has 0 aromatic carbocycles. The topological polar surface area (TPSA) is 177 Å². The van der Waals surface area contributed by atoms with Crippen molar-refractivity contribution in [2.24, 2.45) is 17.3 Å². The van der Waals surface area contributed by atoms with E-state index in [1.165, 1.54) is 23.3 Å². The summed E-state index contributed by atoms with van der Waals surface area (Å²) in [5.74, 6) is -2.56. The number of nitrogens with one attached hydrogen (secondary N) is 4. The van der Waals surface area contributed by atoms with Crippen LogP contribution in [-0.2, 0) is 40.3 Å². The number of ketones is 1. The van der Waals surface area contributed by atoms with Gasteiger partial charge in [-0.2, -0.15) is 4.55 Å². The standard InChI is InChI=1S/C35H56N6O7S2/c1-8-9-13-24(28(42)31(44)36-7)37-30(43)27-23(22(2)3)14-18-41(27)32(45)29(34(4,5)6)38-33(46)39-35(16-11-10-12-17-35)21-40-20-25-26(15-19-49-25)50(40,47)48/h15,19,22-24,27,29H,8-14,16-18,20-21H2,1-7H3,(H4-,36,37,38,39,43,44,46,47,48)/p+1/t23-,24?,27+,29-/m1/s1. The van der Waals surface area contributed by atoms with Crippen LogP contribution in [0.2, 0.25) is 0 Å². The Bertz CT molecular complexity index is 1470. The summed E-state index contributed by atoms with van der Waals surface area (Å²) in [7, 11) is -2.05. The lowest BCUT2D eigenvalue weighted by Gasteiger charge is -2.41. The molecule has 280 valence electrons. The number of carbonyl (C=O) groups excluding carboxylic acids is 5. The minimum atomic E-state index is -3.42. The summed E-state index contributed by atoms with van der Waals surface area (Å²) in [5, 5.41) is 13.1. The highest BCUT2D eigenvalue weighted by Gasteiger charge is 2.53. The van der Waals surface area contributed by atoms with Crippen LogP contribution in [0.25, 0.3) is 0 Å². The van der Waals surface area contributed by atoms with Crippen LogP contribution in [-0.4, -0.2) is 87.1 Å². The number of likely N-dealkylation sites (tertiary alicyclic amines) is 1. The summed E-state index contributed by atoms with van der Waals surface area (Å²) >= 11 is 1.45. The van der Waals surface area contributed by atoms with E-state index in [4.69, 9.17) is 0 Å². The maximum absolute atomic E-state index is 14.5. The first-order valence-electron chi connectivity index (χ1n) is 18.0. The lowest BCUT2D eigenvalue weighted by atomic mass is 9.81. The van der Waals surface area contributed by atoms with Crippen LogP contribution in [0.1, 0.15) is 104 Å². The van der Waals surface area contributed by atoms with Crippen molar-refractivity contribution in [1.82, 2.24) is 30.5 Å². The lowest BCUT2D eigenvalue weighted by Crippen LogP contribution is -2.64. The van der Waals surface area contributed by atoms with Gasteiger partial charge in [-0.05, 0) is 52.5 Å². The number of rotatable bonds is 13. The molecule has 2 fully saturated rings. The molecule has 50 heavy (non-hydrogen) atoms. The zero-order valence-electron chi connectivity index (χ0n) is 30.6. The number of likely N-dealkylation sites (N-methyl/N-ethyl adjacent to an activating group) is 1. The quantitative estimate of drug-likeness (QED) is 0.150. The Morgan fingerprint density at radius 1 is 1.10 bits per heavy atom. The number of hydrogen-bond donors (Lipinski definition) is 5. The lowest BCUT2D eigenvalue weighted by molar-refractivity contribution is -0.144. The molecule has 2 unspecified atom stereocenters. The summed E-state index contributed by atoms with van der Waals surface area (Å²) < 4.78 is 26.0. The van der Waals surface area contributed by atoms with Gasteiger partial charge < -0.3 is 26.2 Å². The van der Waals surface area contributed by atoms with Gasteiger partial charge in [0, 0.05) is 19.7 Å². The summed E-state index contributed by atoms with van der Waals surface area (Å²) in [6.45, 7) is 12.3. The number of amides is 5. The molecule has 3 aliphatic rings. The van der Waals surface area contributed by atoms with Crippen LogP contribution in [0.5, 0.6) is 0 Å². The maximum Gasteiger partial charge on any atom is 0.327 e. The minimum absolute atomic E-state index is 0.0416. The Kier molecular flexibility index (Phi) is 12.9. The van der Waals surface area contributed by atoms with E-state index in [9.17, 15) is 32.7 Å². The van der Waals surface area contributed by atoms with Gasteiger partial charge in [-0.15, -0.1) is 11.3 Å². The highest BCUT2D eigenvalue weighted by molar-refractivity contribution is 7.96. The number of unbranched alkanes of at least 4 members (excludes halogenated alkanes) is 1. The SMILES string of the molecule is CCCCC(NC(=O)[C@@H]1[C@@H](C(C)C)CCN1C(=O)[C@@H](NC(=O)NC1(CN2Cc3sccc3[S+]2(=O)O)CCCCC1)C(C)(C)C)C(=O)C(=O)NC. The van der Waals surface area contributed by atoms with Crippen molar-refractivity contribution in [2.45, 2.75) is 134 Å². The van der Waals surface area contributed by atoms with Crippen LogP contribution in [0, 0.1) is 17.3 Å². The zero-order valence-corrected chi connectivity index (χ0v) is 32.3. The van der Waals surface area contributed by atoms with Gasteiger partial charge in [-0.25, -0.2) is 4.79 Å². The Balaban J connectivity index is 1.54. The van der Waals surface area contributed by atoms with Gasteiger partial charge in [0.15, 0.2) is 0 Å². The number of urea groups is 1. The molecule has 15 heteroatoms. The van der Waals surface area contributed by atoms with E-state index in [1.54, 1.807) is 10.4 Å². The normalized spacial score (nSPS) is 24.7. The number of nitrogens with zero attached hydrogens (tertiary/aromatic N) is 2. The fourth-order valence-electron chi connectivity index (χ4n) is 7.64. The third-order valence-corrected chi connectivity index (χ3v) is 13.4.